The minimum Gasteiger partial charge on any atom is -0.456 e. The smallest absolute Gasteiger partial charge is 0.338 e. The molecule has 0 amide bonds. The Hall–Kier alpha value is -1.71. The lowest BCUT2D eigenvalue weighted by Gasteiger charge is -2.19. The topological polar surface area (TPSA) is 55.7 Å². The fourth-order valence-corrected chi connectivity index (χ4v) is 1.16. The van der Waals surface area contributed by atoms with Crippen LogP contribution in [0.3, 0.4) is 0 Å². The van der Waals surface area contributed by atoms with E-state index in [9.17, 15) is 9.70 Å². The molecule has 0 N–H and O–H groups in total. The Morgan fingerprint density at radius 3 is 2.25 bits per heavy atom. The molecule has 0 aliphatic heterocycles. The van der Waals surface area contributed by atoms with Crippen molar-refractivity contribution in [3.05, 3.63) is 40.3 Å². The number of hydrogen-bond donors (Lipinski definition) is 0. The highest BCUT2D eigenvalue weighted by molar-refractivity contribution is 5.89. The van der Waals surface area contributed by atoms with Crippen LogP contribution in [0, 0.1) is 4.91 Å². The lowest BCUT2D eigenvalue weighted by Crippen LogP contribution is -2.23. The first-order valence-electron chi connectivity index (χ1n) is 5.04. The summed E-state index contributed by atoms with van der Waals surface area (Å²) >= 11 is 0. The van der Waals surface area contributed by atoms with Gasteiger partial charge >= 0.3 is 5.97 Å². The average molecular weight is 221 g/mol. The van der Waals surface area contributed by atoms with Gasteiger partial charge < -0.3 is 4.74 Å². The summed E-state index contributed by atoms with van der Waals surface area (Å²) in [7, 11) is 0. The van der Waals surface area contributed by atoms with Gasteiger partial charge in [-0.2, -0.15) is 4.91 Å². The van der Waals surface area contributed by atoms with Crippen molar-refractivity contribution in [3.8, 4) is 0 Å². The van der Waals surface area contributed by atoms with Crippen LogP contribution in [0.25, 0.3) is 0 Å². The largest absolute Gasteiger partial charge is 0.456 e. The van der Waals surface area contributed by atoms with Crippen LogP contribution < -0.4 is 0 Å². The fourth-order valence-electron chi connectivity index (χ4n) is 1.16. The van der Waals surface area contributed by atoms with Gasteiger partial charge in [0.15, 0.2) is 0 Å². The lowest BCUT2D eigenvalue weighted by molar-refractivity contribution is 0.00695. The first kappa shape index (κ1) is 12.4. The van der Waals surface area contributed by atoms with Crippen LogP contribution >= 0.6 is 0 Å². The molecule has 0 spiro atoms. The molecule has 0 atom stereocenters. The molecule has 0 saturated heterocycles. The molecule has 0 aliphatic rings. The van der Waals surface area contributed by atoms with E-state index in [1.165, 1.54) is 0 Å². The van der Waals surface area contributed by atoms with Crippen LogP contribution in [-0.4, -0.2) is 11.6 Å². The van der Waals surface area contributed by atoms with Crippen molar-refractivity contribution in [1.82, 2.24) is 0 Å². The average Bonchev–Trinajstić information content (AvgIpc) is 2.16. The molecule has 1 rings (SSSR count). The summed E-state index contributed by atoms with van der Waals surface area (Å²) in [4.78, 5) is 21.7. The van der Waals surface area contributed by atoms with Gasteiger partial charge in [-0.15, -0.1) is 0 Å². The highest BCUT2D eigenvalue weighted by Gasteiger charge is 2.17. The number of hydrogen-bond acceptors (Lipinski definition) is 4. The number of benzene rings is 1. The molecule has 1 aromatic rings. The Morgan fingerprint density at radius 2 is 1.81 bits per heavy atom. The van der Waals surface area contributed by atoms with Crippen LogP contribution in [0.15, 0.2) is 29.4 Å². The molecule has 0 fully saturated rings. The quantitative estimate of drug-likeness (QED) is 0.582. The molecule has 1 aromatic carbocycles. The van der Waals surface area contributed by atoms with E-state index in [1.54, 1.807) is 24.3 Å². The third-order valence-corrected chi connectivity index (χ3v) is 1.84. The van der Waals surface area contributed by atoms with Gasteiger partial charge in [-0.1, -0.05) is 17.3 Å². The summed E-state index contributed by atoms with van der Waals surface area (Å²) in [6.45, 7) is 5.56. The van der Waals surface area contributed by atoms with Crippen molar-refractivity contribution in [3.63, 3.8) is 0 Å². The van der Waals surface area contributed by atoms with Crippen molar-refractivity contribution in [1.29, 1.82) is 0 Å². The SMILES string of the molecule is CC(C)(C)OC(=O)c1ccc(CN=O)cc1. The normalized spacial score (nSPS) is 10.9. The summed E-state index contributed by atoms with van der Waals surface area (Å²) in [6.07, 6.45) is 0. The van der Waals surface area contributed by atoms with Crippen molar-refractivity contribution in [2.45, 2.75) is 32.9 Å². The Bertz CT molecular complexity index is 376. The zero-order chi connectivity index (χ0) is 12.2. The highest BCUT2D eigenvalue weighted by atomic mass is 16.6. The summed E-state index contributed by atoms with van der Waals surface area (Å²) in [6, 6.07) is 6.66. The summed E-state index contributed by atoms with van der Waals surface area (Å²) in [5.41, 5.74) is 0.756. The lowest BCUT2D eigenvalue weighted by atomic mass is 10.1. The van der Waals surface area contributed by atoms with E-state index >= 15 is 0 Å². The Kier molecular flexibility index (Phi) is 3.77. The fraction of sp³-hybridized carbons (Fsp3) is 0.417. The number of rotatable bonds is 3. The predicted octanol–water partition coefficient (Wildman–Crippen LogP) is 2.91. The summed E-state index contributed by atoms with van der Waals surface area (Å²) in [5, 5.41) is 2.77. The van der Waals surface area contributed by atoms with Crippen LogP contribution in [-0.2, 0) is 11.3 Å². The van der Waals surface area contributed by atoms with E-state index in [4.69, 9.17) is 4.74 Å². The number of ether oxygens (including phenoxy) is 1. The van der Waals surface area contributed by atoms with E-state index in [-0.39, 0.29) is 12.5 Å². The minimum absolute atomic E-state index is 0.120. The van der Waals surface area contributed by atoms with Gasteiger partial charge in [-0.3, -0.25) is 0 Å². The minimum atomic E-state index is -0.500. The van der Waals surface area contributed by atoms with Gasteiger partial charge in [0.05, 0.1) is 5.56 Å². The van der Waals surface area contributed by atoms with E-state index in [0.29, 0.717) is 5.56 Å². The van der Waals surface area contributed by atoms with E-state index in [1.807, 2.05) is 20.8 Å². The van der Waals surface area contributed by atoms with Gasteiger partial charge in [-0.25, -0.2) is 4.79 Å². The van der Waals surface area contributed by atoms with E-state index in [2.05, 4.69) is 5.18 Å². The molecule has 0 aliphatic carbocycles. The van der Waals surface area contributed by atoms with Crippen molar-refractivity contribution in [2.24, 2.45) is 5.18 Å². The van der Waals surface area contributed by atoms with Gasteiger partial charge in [-0.05, 0) is 38.5 Å². The zero-order valence-corrected chi connectivity index (χ0v) is 9.69. The maximum atomic E-state index is 11.6. The molecule has 0 saturated carbocycles. The molecule has 0 radical (unpaired) electrons. The highest BCUT2D eigenvalue weighted by Crippen LogP contribution is 2.13. The number of esters is 1. The first-order valence-corrected chi connectivity index (χ1v) is 5.04. The Morgan fingerprint density at radius 1 is 1.25 bits per heavy atom. The van der Waals surface area contributed by atoms with Crippen LogP contribution in [0.2, 0.25) is 0 Å². The molecule has 0 heterocycles. The van der Waals surface area contributed by atoms with Crippen molar-refractivity contribution >= 4 is 5.97 Å². The second-order valence-electron chi connectivity index (χ2n) is 4.49. The number of carbonyl (C=O) groups excluding carboxylic acids is 1. The van der Waals surface area contributed by atoms with E-state index in [0.717, 1.165) is 5.56 Å². The van der Waals surface area contributed by atoms with Crippen LogP contribution in [0.1, 0.15) is 36.7 Å². The third kappa shape index (κ3) is 3.81. The molecular formula is C12H15NO3. The van der Waals surface area contributed by atoms with Gasteiger partial charge in [0.2, 0.25) is 0 Å². The maximum Gasteiger partial charge on any atom is 0.338 e. The Labute approximate surface area is 94.6 Å². The molecule has 86 valence electrons. The number of nitroso groups, excluding NO2 is 1. The molecule has 0 aromatic heterocycles. The summed E-state index contributed by atoms with van der Waals surface area (Å²) in [5.74, 6) is -0.363. The number of carbonyl (C=O) groups is 1. The molecule has 0 bridgehead atoms. The summed E-state index contributed by atoms with van der Waals surface area (Å²) < 4.78 is 5.20. The van der Waals surface area contributed by atoms with Gasteiger partial charge in [0.1, 0.15) is 12.1 Å². The van der Waals surface area contributed by atoms with Crippen molar-refractivity contribution < 1.29 is 9.53 Å². The monoisotopic (exact) mass is 221 g/mol. The van der Waals surface area contributed by atoms with Gasteiger partial charge in [0, 0.05) is 0 Å². The molecule has 4 heteroatoms. The zero-order valence-electron chi connectivity index (χ0n) is 9.69. The van der Waals surface area contributed by atoms with Crippen LogP contribution in [0.4, 0.5) is 0 Å². The maximum absolute atomic E-state index is 11.6. The molecule has 0 unspecified atom stereocenters. The Balaban J connectivity index is 2.74. The van der Waals surface area contributed by atoms with E-state index < -0.39 is 5.60 Å². The predicted molar refractivity (Wildman–Crippen MR) is 61.1 cm³/mol. The standard InChI is InChI=1S/C12H15NO3/c1-12(2,3)16-11(14)10-6-4-9(5-7-10)8-13-15/h4-7H,8H2,1-3H3. The molecule has 4 nitrogen and oxygen atoms in total. The van der Waals surface area contributed by atoms with Crippen molar-refractivity contribution in [2.75, 3.05) is 0 Å². The van der Waals surface area contributed by atoms with Crippen LogP contribution in [0.5, 0.6) is 0 Å². The first-order chi connectivity index (χ1) is 7.42. The second-order valence-corrected chi connectivity index (χ2v) is 4.49. The molecule has 16 heavy (non-hydrogen) atoms. The van der Waals surface area contributed by atoms with Gasteiger partial charge in [0.25, 0.3) is 0 Å². The third-order valence-electron chi connectivity index (χ3n) is 1.84. The second kappa shape index (κ2) is 4.88. The number of nitrogens with zero attached hydrogens (tertiary/aromatic N) is 1. The molecular weight excluding hydrogens is 206 g/mol.